The van der Waals surface area contributed by atoms with Gasteiger partial charge in [0.1, 0.15) is 27.3 Å². The fourth-order valence-electron chi connectivity index (χ4n) is 4.61. The van der Waals surface area contributed by atoms with Gasteiger partial charge in [-0.2, -0.15) is 0 Å². The summed E-state index contributed by atoms with van der Waals surface area (Å²) in [5, 5.41) is 10.6. The molecule has 1 atom stereocenters. The van der Waals surface area contributed by atoms with E-state index in [-0.39, 0.29) is 5.91 Å². The molecule has 4 heterocycles. The zero-order valence-corrected chi connectivity index (χ0v) is 22.3. The van der Waals surface area contributed by atoms with Gasteiger partial charge in [0, 0.05) is 48.3 Å². The summed E-state index contributed by atoms with van der Waals surface area (Å²) in [4.78, 5) is 26.7. The number of hydrogen-bond acceptors (Lipinski definition) is 7. The van der Waals surface area contributed by atoms with E-state index in [2.05, 4.69) is 45.9 Å². The first-order chi connectivity index (χ1) is 18.4. The Morgan fingerprint density at radius 1 is 1.11 bits per heavy atom. The van der Waals surface area contributed by atoms with Crippen molar-refractivity contribution in [3.8, 4) is 33.5 Å². The molecule has 1 aliphatic heterocycles. The van der Waals surface area contributed by atoms with Gasteiger partial charge in [-0.05, 0) is 48.4 Å². The number of hydrogen-bond donors (Lipinski definition) is 1. The van der Waals surface area contributed by atoms with E-state index in [1.165, 1.54) is 0 Å². The molecule has 0 spiro atoms. The van der Waals surface area contributed by atoms with Crippen LogP contribution in [0, 0.1) is 5.92 Å². The van der Waals surface area contributed by atoms with E-state index in [1.807, 2.05) is 59.5 Å². The number of aromatic nitrogens is 5. The molecule has 192 valence electrons. The van der Waals surface area contributed by atoms with Crippen molar-refractivity contribution in [3.05, 3.63) is 71.4 Å². The second kappa shape index (κ2) is 9.98. The molecule has 0 bridgehead atoms. The molecule has 0 aliphatic carbocycles. The van der Waals surface area contributed by atoms with Crippen LogP contribution in [0.3, 0.4) is 0 Å². The van der Waals surface area contributed by atoms with Gasteiger partial charge in [0.2, 0.25) is 5.91 Å². The molecule has 0 saturated carbocycles. The van der Waals surface area contributed by atoms with Crippen LogP contribution in [0.15, 0.2) is 60.8 Å². The normalized spacial score (nSPS) is 15.6. The van der Waals surface area contributed by atoms with Gasteiger partial charge in [-0.15, -0.1) is 10.2 Å². The van der Waals surface area contributed by atoms with Gasteiger partial charge in [0.05, 0.1) is 5.52 Å². The molecule has 38 heavy (non-hydrogen) atoms. The zero-order chi connectivity index (χ0) is 26.2. The predicted molar refractivity (Wildman–Crippen MR) is 148 cm³/mol. The molecule has 0 radical (unpaired) electrons. The molecular weight excluding hydrogens is 496 g/mol. The summed E-state index contributed by atoms with van der Waals surface area (Å²) >= 11 is 1.61. The van der Waals surface area contributed by atoms with Crippen LogP contribution < -0.4 is 4.74 Å². The number of benzene rings is 2. The molecule has 6 rings (SSSR count). The van der Waals surface area contributed by atoms with Crippen molar-refractivity contribution in [1.82, 2.24) is 30.0 Å². The smallest absolute Gasteiger partial charge is 0.223 e. The number of nitrogens with zero attached hydrogens (tertiary/aromatic N) is 5. The number of carbonyl (C=O) groups excluding carboxylic acids is 1. The quantitative estimate of drug-likeness (QED) is 0.264. The summed E-state index contributed by atoms with van der Waals surface area (Å²) in [7, 11) is 0. The molecule has 1 aliphatic rings. The highest BCUT2D eigenvalue weighted by Gasteiger charge is 2.27. The third-order valence-corrected chi connectivity index (χ3v) is 7.90. The first kappa shape index (κ1) is 24.2. The van der Waals surface area contributed by atoms with Gasteiger partial charge in [-0.25, -0.2) is 9.97 Å². The summed E-state index contributed by atoms with van der Waals surface area (Å²) in [5.74, 6) is 3.00. The van der Waals surface area contributed by atoms with Crippen molar-refractivity contribution < 1.29 is 9.53 Å². The lowest BCUT2D eigenvalue weighted by molar-refractivity contribution is -0.128. The molecule has 2 aromatic carbocycles. The largest absolute Gasteiger partial charge is 0.457 e. The third-order valence-electron chi connectivity index (χ3n) is 6.63. The van der Waals surface area contributed by atoms with Crippen LogP contribution in [0.4, 0.5) is 0 Å². The standard InChI is InChI=1S/C29H28N6O2S/c1-17(2)28-33-34-29(38-28)19-8-10-22(11-9-19)37-24-14-20(26-31-23-5-4-12-30-27(23)32-26)6-7-21(24)16-35-15-18(3)13-25(35)36/h4-12,14,17-18H,13,15-16H2,1-3H3,(H,30,31,32). The minimum absolute atomic E-state index is 0.179. The van der Waals surface area contributed by atoms with Crippen LogP contribution in [0.25, 0.3) is 33.1 Å². The maximum absolute atomic E-state index is 12.5. The summed E-state index contributed by atoms with van der Waals surface area (Å²) in [6.45, 7) is 7.60. The summed E-state index contributed by atoms with van der Waals surface area (Å²) in [6.07, 6.45) is 2.32. The highest BCUT2D eigenvalue weighted by Crippen LogP contribution is 2.34. The van der Waals surface area contributed by atoms with Crippen molar-refractivity contribution in [1.29, 1.82) is 0 Å². The lowest BCUT2D eigenvalue weighted by Gasteiger charge is -2.19. The number of fused-ring (bicyclic) bond motifs is 1. The average molecular weight is 525 g/mol. The Morgan fingerprint density at radius 2 is 1.92 bits per heavy atom. The van der Waals surface area contributed by atoms with E-state index in [9.17, 15) is 4.79 Å². The minimum atomic E-state index is 0.179. The zero-order valence-electron chi connectivity index (χ0n) is 21.5. The first-order valence-corrected chi connectivity index (χ1v) is 13.6. The maximum Gasteiger partial charge on any atom is 0.223 e. The second-order valence-electron chi connectivity index (χ2n) is 10.1. The molecule has 1 unspecified atom stereocenters. The van der Waals surface area contributed by atoms with Crippen LogP contribution in [-0.2, 0) is 11.3 Å². The van der Waals surface area contributed by atoms with Gasteiger partial charge >= 0.3 is 0 Å². The summed E-state index contributed by atoms with van der Waals surface area (Å²) in [6, 6.07) is 17.7. The number of H-pyrrole nitrogens is 1. The van der Waals surface area contributed by atoms with Gasteiger partial charge < -0.3 is 14.6 Å². The van der Waals surface area contributed by atoms with Crippen LogP contribution in [0.5, 0.6) is 11.5 Å². The fraction of sp³-hybridized carbons (Fsp3) is 0.276. The molecule has 3 aromatic heterocycles. The van der Waals surface area contributed by atoms with Crippen LogP contribution >= 0.6 is 11.3 Å². The Kier molecular flexibility index (Phi) is 6.37. The molecule has 1 saturated heterocycles. The van der Waals surface area contributed by atoms with Crippen LogP contribution in [-0.4, -0.2) is 42.5 Å². The molecule has 1 N–H and O–H groups in total. The van der Waals surface area contributed by atoms with Crippen molar-refractivity contribution in [2.45, 2.75) is 39.7 Å². The van der Waals surface area contributed by atoms with Crippen LogP contribution in [0.2, 0.25) is 0 Å². The monoisotopic (exact) mass is 524 g/mol. The van der Waals surface area contributed by atoms with Crippen molar-refractivity contribution in [2.24, 2.45) is 5.92 Å². The number of carbonyl (C=O) groups is 1. The van der Waals surface area contributed by atoms with Gasteiger partial charge in [0.25, 0.3) is 0 Å². The minimum Gasteiger partial charge on any atom is -0.457 e. The van der Waals surface area contributed by atoms with E-state index >= 15 is 0 Å². The fourth-order valence-corrected chi connectivity index (χ4v) is 5.47. The van der Waals surface area contributed by atoms with E-state index in [1.54, 1.807) is 17.5 Å². The third kappa shape index (κ3) is 4.89. The van der Waals surface area contributed by atoms with E-state index < -0.39 is 0 Å². The Bertz CT molecular complexity index is 1570. The number of ether oxygens (including phenoxy) is 1. The lowest BCUT2D eigenvalue weighted by Crippen LogP contribution is -2.24. The average Bonchev–Trinajstić information content (AvgIpc) is 3.64. The predicted octanol–water partition coefficient (Wildman–Crippen LogP) is 6.43. The molecule has 8 nitrogen and oxygen atoms in total. The van der Waals surface area contributed by atoms with Gasteiger partial charge in [-0.3, -0.25) is 4.79 Å². The Balaban J connectivity index is 1.31. The molecule has 1 fully saturated rings. The van der Waals surface area contributed by atoms with Gasteiger partial charge in [0.15, 0.2) is 5.65 Å². The number of likely N-dealkylation sites (tertiary alicyclic amines) is 1. The Morgan fingerprint density at radius 3 is 2.63 bits per heavy atom. The summed E-state index contributed by atoms with van der Waals surface area (Å²) < 4.78 is 6.42. The Hall–Kier alpha value is -4.11. The SMILES string of the molecule is CC1CC(=O)N(Cc2ccc(-c3nc4ncccc4[nH]3)cc2Oc2ccc(-c3nnc(C(C)C)s3)cc2)C1. The second-order valence-corrected chi connectivity index (χ2v) is 11.1. The number of aromatic amines is 1. The van der Waals surface area contributed by atoms with E-state index in [0.717, 1.165) is 38.8 Å². The van der Waals surface area contributed by atoms with Gasteiger partial charge in [-0.1, -0.05) is 44.2 Å². The number of imidazole rings is 1. The molecular formula is C29H28N6O2S. The van der Waals surface area contributed by atoms with Crippen LogP contribution in [0.1, 0.15) is 43.7 Å². The number of pyridine rings is 1. The number of rotatable bonds is 7. The summed E-state index contributed by atoms with van der Waals surface area (Å²) in [5.41, 5.74) is 4.37. The number of nitrogens with one attached hydrogen (secondary N) is 1. The molecule has 9 heteroatoms. The Labute approximate surface area is 224 Å². The first-order valence-electron chi connectivity index (χ1n) is 12.8. The van der Waals surface area contributed by atoms with Crippen molar-refractivity contribution in [3.63, 3.8) is 0 Å². The maximum atomic E-state index is 12.5. The highest BCUT2D eigenvalue weighted by molar-refractivity contribution is 7.14. The molecule has 5 aromatic rings. The topological polar surface area (TPSA) is 96.9 Å². The van der Waals surface area contributed by atoms with E-state index in [0.29, 0.717) is 47.8 Å². The number of amides is 1. The van der Waals surface area contributed by atoms with Crippen molar-refractivity contribution in [2.75, 3.05) is 6.54 Å². The lowest BCUT2D eigenvalue weighted by atomic mass is 10.1. The molecule has 1 amide bonds. The van der Waals surface area contributed by atoms with Crippen molar-refractivity contribution >= 4 is 28.4 Å². The van der Waals surface area contributed by atoms with E-state index in [4.69, 9.17) is 4.74 Å². The highest BCUT2D eigenvalue weighted by atomic mass is 32.1.